The molecule has 0 aliphatic heterocycles. The van der Waals surface area contributed by atoms with E-state index in [2.05, 4.69) is 34.3 Å². The van der Waals surface area contributed by atoms with Gasteiger partial charge in [0.1, 0.15) is 17.4 Å². The number of nitrogens with one attached hydrogen (secondary N) is 1. The lowest BCUT2D eigenvalue weighted by molar-refractivity contribution is 0.665. The molecule has 0 amide bonds. The predicted octanol–water partition coefficient (Wildman–Crippen LogP) is 4.55. The van der Waals surface area contributed by atoms with Gasteiger partial charge in [-0.1, -0.05) is 42.5 Å². The first-order valence-corrected chi connectivity index (χ1v) is 7.26. The highest BCUT2D eigenvalue weighted by Crippen LogP contribution is 2.31. The number of benzene rings is 2. The van der Waals surface area contributed by atoms with E-state index in [4.69, 9.17) is 4.42 Å². The first-order chi connectivity index (χ1) is 10.8. The van der Waals surface area contributed by atoms with Crippen LogP contribution in [0.25, 0.3) is 22.1 Å². The molecular weight excluding hydrogens is 274 g/mol. The van der Waals surface area contributed by atoms with Gasteiger partial charge in [-0.25, -0.2) is 9.97 Å². The van der Waals surface area contributed by atoms with Crippen molar-refractivity contribution in [2.24, 2.45) is 0 Å². The number of fused-ring (bicyclic) bond motifs is 3. The molecule has 0 radical (unpaired) electrons. The second-order valence-corrected chi connectivity index (χ2v) is 5.27. The van der Waals surface area contributed by atoms with Crippen LogP contribution >= 0.6 is 0 Å². The average Bonchev–Trinajstić information content (AvgIpc) is 2.95. The highest BCUT2D eigenvalue weighted by Gasteiger charge is 2.14. The minimum atomic E-state index is 0.132. The van der Waals surface area contributed by atoms with Crippen LogP contribution in [0.15, 0.2) is 65.3 Å². The summed E-state index contributed by atoms with van der Waals surface area (Å²) in [6.07, 6.45) is 1.57. The summed E-state index contributed by atoms with van der Waals surface area (Å²) in [5.74, 6) is 0.720. The van der Waals surface area contributed by atoms with Gasteiger partial charge < -0.3 is 9.73 Å². The number of para-hydroxylation sites is 1. The molecule has 1 atom stereocenters. The fourth-order valence-electron chi connectivity index (χ4n) is 2.66. The SMILES string of the molecule is CC(Nc1ncnc2c1oc1ccccc12)c1ccccc1. The topological polar surface area (TPSA) is 51.0 Å². The number of aromatic nitrogens is 2. The molecule has 4 aromatic rings. The summed E-state index contributed by atoms with van der Waals surface area (Å²) in [6, 6.07) is 18.3. The Balaban J connectivity index is 1.79. The normalized spacial score (nSPS) is 12.6. The Morgan fingerprint density at radius 2 is 1.73 bits per heavy atom. The molecule has 2 heterocycles. The molecule has 0 aliphatic carbocycles. The zero-order valence-electron chi connectivity index (χ0n) is 12.2. The van der Waals surface area contributed by atoms with E-state index in [0.29, 0.717) is 5.58 Å². The number of nitrogens with zero attached hydrogens (tertiary/aromatic N) is 2. The maximum Gasteiger partial charge on any atom is 0.196 e. The molecule has 108 valence electrons. The molecule has 0 aliphatic rings. The van der Waals surface area contributed by atoms with Crippen LogP contribution in [0.5, 0.6) is 0 Å². The molecule has 1 unspecified atom stereocenters. The van der Waals surface area contributed by atoms with Gasteiger partial charge in [-0.15, -0.1) is 0 Å². The third kappa shape index (κ3) is 2.09. The second kappa shape index (κ2) is 5.15. The van der Waals surface area contributed by atoms with Crippen LogP contribution in [0.2, 0.25) is 0 Å². The third-order valence-corrected chi connectivity index (χ3v) is 3.81. The van der Waals surface area contributed by atoms with Crippen molar-refractivity contribution in [3.05, 3.63) is 66.5 Å². The van der Waals surface area contributed by atoms with Crippen LogP contribution in [0.3, 0.4) is 0 Å². The lowest BCUT2D eigenvalue weighted by atomic mass is 10.1. The van der Waals surface area contributed by atoms with Gasteiger partial charge in [0.15, 0.2) is 11.4 Å². The highest BCUT2D eigenvalue weighted by molar-refractivity contribution is 6.05. The Kier molecular flexibility index (Phi) is 3.00. The molecule has 4 rings (SSSR count). The van der Waals surface area contributed by atoms with Crippen LogP contribution in [-0.4, -0.2) is 9.97 Å². The predicted molar refractivity (Wildman–Crippen MR) is 87.8 cm³/mol. The molecule has 2 aromatic carbocycles. The summed E-state index contributed by atoms with van der Waals surface area (Å²) in [4.78, 5) is 8.72. The zero-order valence-corrected chi connectivity index (χ0v) is 12.2. The van der Waals surface area contributed by atoms with Crippen molar-refractivity contribution < 1.29 is 4.42 Å². The molecule has 1 N–H and O–H groups in total. The van der Waals surface area contributed by atoms with Crippen LogP contribution < -0.4 is 5.32 Å². The Labute approximate surface area is 127 Å². The lowest BCUT2D eigenvalue weighted by Gasteiger charge is -2.14. The average molecular weight is 289 g/mol. The van der Waals surface area contributed by atoms with E-state index < -0.39 is 0 Å². The van der Waals surface area contributed by atoms with Gasteiger partial charge in [0.25, 0.3) is 0 Å². The number of rotatable bonds is 3. The van der Waals surface area contributed by atoms with E-state index in [1.807, 2.05) is 42.5 Å². The number of furan rings is 1. The van der Waals surface area contributed by atoms with E-state index in [0.717, 1.165) is 22.3 Å². The van der Waals surface area contributed by atoms with Crippen molar-refractivity contribution in [3.63, 3.8) is 0 Å². The second-order valence-electron chi connectivity index (χ2n) is 5.27. The van der Waals surface area contributed by atoms with Crippen LogP contribution in [0.4, 0.5) is 5.82 Å². The van der Waals surface area contributed by atoms with E-state index >= 15 is 0 Å². The molecule has 0 saturated heterocycles. The summed E-state index contributed by atoms with van der Waals surface area (Å²) in [5.41, 5.74) is 3.57. The van der Waals surface area contributed by atoms with Crippen molar-refractivity contribution in [1.82, 2.24) is 9.97 Å². The van der Waals surface area contributed by atoms with Gasteiger partial charge >= 0.3 is 0 Å². The van der Waals surface area contributed by atoms with Gasteiger partial charge in [-0.2, -0.15) is 0 Å². The van der Waals surface area contributed by atoms with Crippen LogP contribution in [0, 0.1) is 0 Å². The van der Waals surface area contributed by atoms with Crippen LogP contribution in [-0.2, 0) is 0 Å². The van der Waals surface area contributed by atoms with Gasteiger partial charge in [-0.05, 0) is 24.6 Å². The Hall–Kier alpha value is -2.88. The molecule has 4 nitrogen and oxygen atoms in total. The molecule has 4 heteroatoms. The summed E-state index contributed by atoms with van der Waals surface area (Å²) >= 11 is 0. The Bertz CT molecular complexity index is 931. The molecular formula is C18H15N3O. The van der Waals surface area contributed by atoms with E-state index in [1.165, 1.54) is 5.56 Å². The fourth-order valence-corrected chi connectivity index (χ4v) is 2.66. The maximum atomic E-state index is 5.93. The highest BCUT2D eigenvalue weighted by atomic mass is 16.3. The van der Waals surface area contributed by atoms with Crippen molar-refractivity contribution >= 4 is 27.9 Å². The number of hydrogen-bond acceptors (Lipinski definition) is 4. The first kappa shape index (κ1) is 12.8. The van der Waals surface area contributed by atoms with Crippen molar-refractivity contribution in [2.45, 2.75) is 13.0 Å². The zero-order chi connectivity index (χ0) is 14.9. The van der Waals surface area contributed by atoms with E-state index in [1.54, 1.807) is 6.33 Å². The first-order valence-electron chi connectivity index (χ1n) is 7.26. The molecule has 0 spiro atoms. The summed E-state index contributed by atoms with van der Waals surface area (Å²) < 4.78 is 5.93. The molecule has 2 aromatic heterocycles. The summed E-state index contributed by atoms with van der Waals surface area (Å²) in [6.45, 7) is 2.10. The number of hydrogen-bond donors (Lipinski definition) is 1. The lowest BCUT2D eigenvalue weighted by Crippen LogP contribution is -2.08. The van der Waals surface area contributed by atoms with Gasteiger partial charge in [0.2, 0.25) is 0 Å². The summed E-state index contributed by atoms with van der Waals surface area (Å²) in [7, 11) is 0. The van der Waals surface area contributed by atoms with Crippen molar-refractivity contribution in [1.29, 1.82) is 0 Å². The Morgan fingerprint density at radius 1 is 0.955 bits per heavy atom. The third-order valence-electron chi connectivity index (χ3n) is 3.81. The standard InChI is InChI=1S/C18H15N3O/c1-12(13-7-3-2-4-8-13)21-18-17-16(19-11-20-18)14-9-5-6-10-15(14)22-17/h2-12H,1H3,(H,19,20,21). The smallest absolute Gasteiger partial charge is 0.196 e. The Morgan fingerprint density at radius 3 is 2.59 bits per heavy atom. The van der Waals surface area contributed by atoms with Gasteiger partial charge in [-0.3, -0.25) is 0 Å². The van der Waals surface area contributed by atoms with Crippen molar-refractivity contribution in [3.8, 4) is 0 Å². The minimum absolute atomic E-state index is 0.132. The quantitative estimate of drug-likeness (QED) is 0.601. The van der Waals surface area contributed by atoms with E-state index in [9.17, 15) is 0 Å². The van der Waals surface area contributed by atoms with Crippen LogP contribution in [0.1, 0.15) is 18.5 Å². The minimum Gasteiger partial charge on any atom is -0.450 e. The van der Waals surface area contributed by atoms with E-state index in [-0.39, 0.29) is 6.04 Å². The molecule has 0 bridgehead atoms. The van der Waals surface area contributed by atoms with Gasteiger partial charge in [0.05, 0.1) is 6.04 Å². The summed E-state index contributed by atoms with van der Waals surface area (Å²) in [5, 5.41) is 4.43. The maximum absolute atomic E-state index is 5.93. The monoisotopic (exact) mass is 289 g/mol. The molecule has 0 fully saturated rings. The van der Waals surface area contributed by atoms with Gasteiger partial charge in [0, 0.05) is 5.39 Å². The fraction of sp³-hybridized carbons (Fsp3) is 0.111. The largest absolute Gasteiger partial charge is 0.450 e. The number of anilines is 1. The molecule has 22 heavy (non-hydrogen) atoms. The molecule has 0 saturated carbocycles. The van der Waals surface area contributed by atoms with Crippen molar-refractivity contribution in [2.75, 3.05) is 5.32 Å².